The minimum absolute atomic E-state index is 0.151. The lowest BCUT2D eigenvalue weighted by Crippen LogP contribution is -2.31. The van der Waals surface area contributed by atoms with E-state index in [1.165, 1.54) is 0 Å². The first kappa shape index (κ1) is 25.0. The van der Waals surface area contributed by atoms with Crippen LogP contribution in [0.4, 0.5) is 0 Å². The fourth-order valence-electron chi connectivity index (χ4n) is 2.42. The topological polar surface area (TPSA) is 71.1 Å². The van der Waals surface area contributed by atoms with E-state index in [0.717, 1.165) is 11.1 Å². The Morgan fingerprint density at radius 3 is 1.39 bits per heavy atom. The van der Waals surface area contributed by atoms with Gasteiger partial charge in [-0.3, -0.25) is 9.59 Å². The summed E-state index contributed by atoms with van der Waals surface area (Å²) in [5, 5.41) is 0. The Morgan fingerprint density at radius 2 is 1.03 bits per heavy atom. The van der Waals surface area contributed by atoms with E-state index in [1.54, 1.807) is 27.7 Å². The van der Waals surface area contributed by atoms with Crippen LogP contribution in [-0.4, -0.2) is 25.2 Å². The lowest BCUT2D eigenvalue weighted by Gasteiger charge is -2.24. The van der Waals surface area contributed by atoms with Gasteiger partial charge in [-0.05, 0) is 38.8 Å². The van der Waals surface area contributed by atoms with Crippen LogP contribution in [0.5, 0.6) is 0 Å². The van der Waals surface area contributed by atoms with Crippen LogP contribution in [0.15, 0.2) is 60.7 Å². The fourth-order valence-corrected chi connectivity index (χ4v) is 3.34. The molecule has 0 aromatic heterocycles. The summed E-state index contributed by atoms with van der Waals surface area (Å²) in [4.78, 5) is 24.7. The number of carbonyl (C=O) groups is 2. The second kappa shape index (κ2) is 11.9. The molecule has 0 amide bonds. The minimum atomic E-state index is -0.810. The molecule has 0 spiro atoms. The molecule has 0 aliphatic rings. The van der Waals surface area contributed by atoms with E-state index in [-0.39, 0.29) is 47.4 Å². The van der Waals surface area contributed by atoms with E-state index < -0.39 is 10.8 Å². The predicted molar refractivity (Wildman–Crippen MR) is 120 cm³/mol. The molecule has 0 saturated heterocycles. The number of ether oxygens (including phenoxy) is 2. The lowest BCUT2D eigenvalue weighted by atomic mass is 9.95. The van der Waals surface area contributed by atoms with Crippen molar-refractivity contribution in [2.75, 3.05) is 13.2 Å². The van der Waals surface area contributed by atoms with Crippen molar-refractivity contribution < 1.29 is 28.1 Å². The summed E-state index contributed by atoms with van der Waals surface area (Å²) >= 11 is 0. The van der Waals surface area contributed by atoms with Gasteiger partial charge in [0, 0.05) is 0 Å². The molecule has 0 heterocycles. The van der Waals surface area contributed by atoms with Crippen molar-refractivity contribution in [1.29, 1.82) is 0 Å². The summed E-state index contributed by atoms with van der Waals surface area (Å²) in [5.74, 6) is -0.683. The predicted octanol–water partition coefficient (Wildman–Crippen LogP) is 5.07. The first-order valence-electron chi connectivity index (χ1n) is 10.1. The van der Waals surface area contributed by atoms with Crippen LogP contribution in [0.25, 0.3) is 0 Å². The van der Waals surface area contributed by atoms with E-state index in [9.17, 15) is 9.59 Å². The zero-order valence-electron chi connectivity index (χ0n) is 18.6. The van der Waals surface area contributed by atoms with Gasteiger partial charge in [0.05, 0.1) is 24.0 Å². The molecule has 0 unspecified atom stereocenters. The highest BCUT2D eigenvalue weighted by Crippen LogP contribution is 2.28. The highest BCUT2D eigenvalue weighted by Gasteiger charge is 2.32. The summed E-state index contributed by atoms with van der Waals surface area (Å²) in [5.41, 5.74) is 0.239. The van der Waals surface area contributed by atoms with E-state index in [1.807, 2.05) is 60.7 Å². The van der Waals surface area contributed by atoms with Crippen molar-refractivity contribution in [3.05, 3.63) is 71.8 Å². The monoisotopic (exact) mass is 446 g/mol. The van der Waals surface area contributed by atoms with Gasteiger partial charge in [-0.1, -0.05) is 60.7 Å². The molecular formula is C24H31O6P. The Morgan fingerprint density at radius 1 is 0.677 bits per heavy atom. The minimum Gasteiger partial charge on any atom is -0.460 e. The van der Waals surface area contributed by atoms with E-state index in [4.69, 9.17) is 18.5 Å². The summed E-state index contributed by atoms with van der Waals surface area (Å²) in [6.45, 7) is 7.79. The van der Waals surface area contributed by atoms with Crippen molar-refractivity contribution in [2.45, 2.75) is 40.9 Å². The first-order valence-corrected chi connectivity index (χ1v) is 10.9. The van der Waals surface area contributed by atoms with Gasteiger partial charge in [0.25, 0.3) is 0 Å². The molecule has 168 valence electrons. The molecule has 0 fully saturated rings. The average Bonchev–Trinajstić information content (AvgIpc) is 2.76. The average molecular weight is 446 g/mol. The Balaban J connectivity index is 1.65. The number of rotatable bonds is 12. The number of benzene rings is 2. The molecule has 2 rings (SSSR count). The smallest absolute Gasteiger partial charge is 0.314 e. The van der Waals surface area contributed by atoms with Crippen molar-refractivity contribution in [2.24, 2.45) is 10.8 Å². The first-order chi connectivity index (χ1) is 14.7. The number of esters is 2. The second-order valence-electron chi connectivity index (χ2n) is 8.55. The number of hydrogen-bond donors (Lipinski definition) is 0. The zero-order chi connectivity index (χ0) is 22.7. The van der Waals surface area contributed by atoms with Crippen molar-refractivity contribution in [3.63, 3.8) is 0 Å². The number of hydrogen-bond acceptors (Lipinski definition) is 6. The van der Waals surface area contributed by atoms with Gasteiger partial charge in [0.15, 0.2) is 9.03 Å². The van der Waals surface area contributed by atoms with E-state index >= 15 is 0 Å². The third kappa shape index (κ3) is 8.78. The molecule has 0 atom stereocenters. The lowest BCUT2D eigenvalue weighted by molar-refractivity contribution is -0.157. The van der Waals surface area contributed by atoms with Gasteiger partial charge in [-0.2, -0.15) is 0 Å². The van der Waals surface area contributed by atoms with E-state index in [0.29, 0.717) is 0 Å². The molecule has 0 radical (unpaired) electrons. The normalized spacial score (nSPS) is 11.7. The molecule has 2 aromatic carbocycles. The van der Waals surface area contributed by atoms with Gasteiger partial charge in [0.1, 0.15) is 13.2 Å². The van der Waals surface area contributed by atoms with Crippen LogP contribution >= 0.6 is 9.03 Å². The molecule has 0 saturated carbocycles. The SMILES string of the molecule is CC(C)(COPOCC(C)(C)C(=O)OCc1ccccc1)C(=O)OCc1ccccc1. The van der Waals surface area contributed by atoms with Gasteiger partial charge in [-0.25, -0.2) is 0 Å². The molecular weight excluding hydrogens is 415 g/mol. The van der Waals surface area contributed by atoms with Gasteiger partial charge in [0.2, 0.25) is 0 Å². The molecule has 0 aliphatic carbocycles. The van der Waals surface area contributed by atoms with Crippen LogP contribution in [0.2, 0.25) is 0 Å². The van der Waals surface area contributed by atoms with Gasteiger partial charge < -0.3 is 18.5 Å². The van der Waals surface area contributed by atoms with Gasteiger partial charge in [-0.15, -0.1) is 0 Å². The number of carbonyl (C=O) groups excluding carboxylic acids is 2. The maximum atomic E-state index is 12.3. The Bertz CT molecular complexity index is 751. The molecule has 2 aromatic rings. The van der Waals surface area contributed by atoms with Crippen molar-refractivity contribution in [3.8, 4) is 0 Å². The molecule has 6 nitrogen and oxygen atoms in total. The third-order valence-corrected chi connectivity index (χ3v) is 5.04. The quantitative estimate of drug-likeness (QED) is 0.258. The van der Waals surface area contributed by atoms with Crippen molar-refractivity contribution in [1.82, 2.24) is 0 Å². The summed E-state index contributed by atoms with van der Waals surface area (Å²) in [6, 6.07) is 19.0. The Kier molecular flexibility index (Phi) is 9.63. The molecule has 31 heavy (non-hydrogen) atoms. The fraction of sp³-hybridized carbons (Fsp3) is 0.417. The third-order valence-electron chi connectivity index (χ3n) is 4.51. The highest BCUT2D eigenvalue weighted by atomic mass is 31.1. The summed E-state index contributed by atoms with van der Waals surface area (Å²) in [6.07, 6.45) is 0. The maximum absolute atomic E-state index is 12.3. The van der Waals surface area contributed by atoms with Crippen LogP contribution in [0.1, 0.15) is 38.8 Å². The summed E-state index contributed by atoms with van der Waals surface area (Å²) in [7, 11) is -0.301. The van der Waals surface area contributed by atoms with Crippen molar-refractivity contribution >= 4 is 21.0 Å². The van der Waals surface area contributed by atoms with E-state index in [2.05, 4.69) is 0 Å². The van der Waals surface area contributed by atoms with Crippen LogP contribution < -0.4 is 0 Å². The van der Waals surface area contributed by atoms with Crippen LogP contribution in [-0.2, 0) is 41.3 Å². The zero-order valence-corrected chi connectivity index (χ0v) is 19.6. The standard InChI is InChI=1S/C24H31O6P/c1-23(2,21(25)27-15-19-11-7-5-8-12-19)17-29-31-30-18-24(3,4)22(26)28-16-20-13-9-6-10-14-20/h5-14,31H,15-18H2,1-4H3. The molecule has 0 bridgehead atoms. The largest absolute Gasteiger partial charge is 0.460 e. The maximum Gasteiger partial charge on any atom is 0.314 e. The van der Waals surface area contributed by atoms with Crippen LogP contribution in [0.3, 0.4) is 0 Å². The highest BCUT2D eigenvalue weighted by molar-refractivity contribution is 7.26. The molecule has 0 N–H and O–H groups in total. The van der Waals surface area contributed by atoms with Crippen LogP contribution in [0, 0.1) is 10.8 Å². The Labute approximate surface area is 186 Å². The Hall–Kier alpha value is -2.27. The van der Waals surface area contributed by atoms with Gasteiger partial charge >= 0.3 is 11.9 Å². The second-order valence-corrected chi connectivity index (χ2v) is 9.30. The molecule has 7 heteroatoms. The summed E-state index contributed by atoms with van der Waals surface area (Å²) < 4.78 is 21.8. The molecule has 0 aliphatic heterocycles.